The minimum Gasteiger partial charge on any atom is -0.306 e. The lowest BCUT2D eigenvalue weighted by Crippen LogP contribution is -2.37. The molecule has 0 unspecified atom stereocenters. The van der Waals surface area contributed by atoms with Crippen LogP contribution in [0.3, 0.4) is 0 Å². The van der Waals surface area contributed by atoms with E-state index in [-0.39, 0.29) is 0 Å². The monoisotopic (exact) mass is 331 g/mol. The third-order valence-corrected chi connectivity index (χ3v) is 5.48. The molecule has 0 fully saturated rings. The van der Waals surface area contributed by atoms with E-state index in [1.807, 2.05) is 11.6 Å². The lowest BCUT2D eigenvalue weighted by atomic mass is 10.1. The molecule has 4 rings (SSSR count). The van der Waals surface area contributed by atoms with Crippen LogP contribution in [0.5, 0.6) is 0 Å². The van der Waals surface area contributed by atoms with Crippen molar-refractivity contribution in [1.82, 2.24) is 25.1 Å². The van der Waals surface area contributed by atoms with E-state index < -0.39 is 0 Å². The quantitative estimate of drug-likeness (QED) is 0.799. The van der Waals surface area contributed by atoms with E-state index in [4.69, 9.17) is 4.98 Å². The number of nitrogens with zero attached hydrogens (tertiary/aromatic N) is 4. The molecule has 0 radical (unpaired) electrons. The Labute approximate surface area is 137 Å². The molecule has 3 aromatic rings. The smallest absolute Gasteiger partial charge is 0.147 e. The zero-order valence-corrected chi connectivity index (χ0v) is 14.0. The number of aromatic nitrogens is 4. The molecule has 1 N–H and O–H groups in total. The molecule has 7 heteroatoms. The van der Waals surface area contributed by atoms with Crippen molar-refractivity contribution in [2.24, 2.45) is 0 Å². The van der Waals surface area contributed by atoms with Gasteiger partial charge in [-0.15, -0.1) is 11.3 Å². The summed E-state index contributed by atoms with van der Waals surface area (Å²) in [5.41, 5.74) is 2.34. The number of hydrogen-bond donors (Lipinski definition) is 1. The lowest BCUT2D eigenvalue weighted by Gasteiger charge is -2.23. The van der Waals surface area contributed by atoms with E-state index in [1.54, 1.807) is 22.7 Å². The Morgan fingerprint density at radius 1 is 1.36 bits per heavy atom. The highest BCUT2D eigenvalue weighted by Crippen LogP contribution is 2.25. The van der Waals surface area contributed by atoms with Gasteiger partial charge in [-0.3, -0.25) is 0 Å². The van der Waals surface area contributed by atoms with Gasteiger partial charge in [0.25, 0.3) is 0 Å². The van der Waals surface area contributed by atoms with Gasteiger partial charge in [-0.2, -0.15) is 16.4 Å². The standard InChI is InChI=1S/C15H17N5S2/c1-10-17-14-3-2-12(7-20(14)19-10)16-6-13-9-22-15(18-13)11-4-5-21-8-11/h4-5,8-9,12,16H,2-3,6-7H2,1H3/t12-/m1/s1. The summed E-state index contributed by atoms with van der Waals surface area (Å²) in [7, 11) is 0. The molecular formula is C15H17N5S2. The second-order valence-electron chi connectivity index (χ2n) is 5.53. The average Bonchev–Trinajstić information content (AvgIpc) is 3.23. The molecule has 114 valence electrons. The molecule has 0 amide bonds. The van der Waals surface area contributed by atoms with Crippen LogP contribution in [0.25, 0.3) is 10.6 Å². The summed E-state index contributed by atoms with van der Waals surface area (Å²) in [6.45, 7) is 3.67. The summed E-state index contributed by atoms with van der Waals surface area (Å²) in [5, 5.41) is 15.5. The molecule has 0 bridgehead atoms. The number of fused-ring (bicyclic) bond motifs is 1. The number of aryl methyl sites for hydroxylation is 2. The number of rotatable bonds is 4. The van der Waals surface area contributed by atoms with Crippen molar-refractivity contribution in [3.8, 4) is 10.6 Å². The second kappa shape index (κ2) is 5.91. The van der Waals surface area contributed by atoms with Crippen LogP contribution in [-0.4, -0.2) is 25.8 Å². The zero-order valence-electron chi connectivity index (χ0n) is 12.3. The van der Waals surface area contributed by atoms with Crippen LogP contribution in [0.15, 0.2) is 22.2 Å². The van der Waals surface area contributed by atoms with Crippen LogP contribution in [-0.2, 0) is 19.5 Å². The van der Waals surface area contributed by atoms with Crippen molar-refractivity contribution < 1.29 is 0 Å². The maximum Gasteiger partial charge on any atom is 0.147 e. The van der Waals surface area contributed by atoms with Gasteiger partial charge in [0.15, 0.2) is 0 Å². The fourth-order valence-electron chi connectivity index (χ4n) is 2.76. The van der Waals surface area contributed by atoms with Gasteiger partial charge in [0.1, 0.15) is 16.7 Å². The lowest BCUT2D eigenvalue weighted by molar-refractivity contribution is 0.356. The summed E-state index contributed by atoms with van der Waals surface area (Å²) >= 11 is 3.42. The fraction of sp³-hybridized carbons (Fsp3) is 0.400. The molecule has 0 saturated carbocycles. The highest BCUT2D eigenvalue weighted by Gasteiger charge is 2.20. The Balaban J connectivity index is 1.37. The molecule has 0 spiro atoms. The number of thiophene rings is 1. The van der Waals surface area contributed by atoms with Crippen LogP contribution < -0.4 is 5.32 Å². The minimum atomic E-state index is 0.444. The number of nitrogens with one attached hydrogen (secondary N) is 1. The molecule has 0 saturated heterocycles. The van der Waals surface area contributed by atoms with Crippen LogP contribution >= 0.6 is 22.7 Å². The predicted molar refractivity (Wildman–Crippen MR) is 89.1 cm³/mol. The van der Waals surface area contributed by atoms with E-state index in [9.17, 15) is 0 Å². The highest BCUT2D eigenvalue weighted by molar-refractivity contribution is 7.14. The molecule has 1 aliphatic heterocycles. The molecule has 3 aromatic heterocycles. The van der Waals surface area contributed by atoms with Gasteiger partial charge >= 0.3 is 0 Å². The summed E-state index contributed by atoms with van der Waals surface area (Å²) in [5.74, 6) is 1.99. The summed E-state index contributed by atoms with van der Waals surface area (Å²) in [6, 6.07) is 2.57. The maximum atomic E-state index is 4.71. The SMILES string of the molecule is Cc1nc2n(n1)C[C@H](NCc1csc(-c3ccsc3)n1)CC2. The Morgan fingerprint density at radius 3 is 3.18 bits per heavy atom. The topological polar surface area (TPSA) is 55.6 Å². The first-order chi connectivity index (χ1) is 10.8. The van der Waals surface area contributed by atoms with E-state index in [0.29, 0.717) is 6.04 Å². The Morgan fingerprint density at radius 2 is 2.32 bits per heavy atom. The Kier molecular flexibility index (Phi) is 3.77. The summed E-state index contributed by atoms with van der Waals surface area (Å²) < 4.78 is 2.04. The van der Waals surface area contributed by atoms with Gasteiger partial charge in [0.05, 0.1) is 12.2 Å². The third kappa shape index (κ3) is 2.84. The summed E-state index contributed by atoms with van der Waals surface area (Å²) in [6.07, 6.45) is 2.11. The zero-order chi connectivity index (χ0) is 14.9. The van der Waals surface area contributed by atoms with Crippen molar-refractivity contribution in [2.75, 3.05) is 0 Å². The molecule has 1 atom stereocenters. The van der Waals surface area contributed by atoms with Crippen LogP contribution in [0.2, 0.25) is 0 Å². The normalized spacial score (nSPS) is 17.6. The molecule has 0 aromatic carbocycles. The Hall–Kier alpha value is -1.57. The van der Waals surface area contributed by atoms with Crippen LogP contribution in [0.1, 0.15) is 23.8 Å². The first-order valence-electron chi connectivity index (χ1n) is 7.38. The van der Waals surface area contributed by atoms with Crippen LogP contribution in [0, 0.1) is 6.92 Å². The van der Waals surface area contributed by atoms with Gasteiger partial charge in [-0.1, -0.05) is 0 Å². The largest absolute Gasteiger partial charge is 0.306 e. The third-order valence-electron chi connectivity index (χ3n) is 3.86. The van der Waals surface area contributed by atoms with Crippen molar-refractivity contribution in [3.05, 3.63) is 39.5 Å². The highest BCUT2D eigenvalue weighted by atomic mass is 32.1. The number of hydrogen-bond acceptors (Lipinski definition) is 6. The van der Waals surface area contributed by atoms with Crippen LogP contribution in [0.4, 0.5) is 0 Å². The van der Waals surface area contributed by atoms with Gasteiger partial charge in [-0.05, 0) is 24.8 Å². The minimum absolute atomic E-state index is 0.444. The Bertz CT molecular complexity index is 759. The molecule has 0 aliphatic carbocycles. The molecule has 4 heterocycles. The molecule has 22 heavy (non-hydrogen) atoms. The van der Waals surface area contributed by atoms with E-state index in [2.05, 4.69) is 37.6 Å². The second-order valence-corrected chi connectivity index (χ2v) is 7.17. The van der Waals surface area contributed by atoms with Crippen molar-refractivity contribution >= 4 is 22.7 Å². The van der Waals surface area contributed by atoms with E-state index >= 15 is 0 Å². The van der Waals surface area contributed by atoms with Crippen molar-refractivity contribution in [2.45, 2.75) is 38.9 Å². The molecule has 5 nitrogen and oxygen atoms in total. The fourth-order valence-corrected chi connectivity index (χ4v) is 4.29. The first kappa shape index (κ1) is 14.0. The maximum absolute atomic E-state index is 4.71. The van der Waals surface area contributed by atoms with E-state index in [0.717, 1.165) is 48.3 Å². The van der Waals surface area contributed by atoms with E-state index in [1.165, 1.54) is 5.56 Å². The van der Waals surface area contributed by atoms with Gasteiger partial charge in [0, 0.05) is 35.3 Å². The van der Waals surface area contributed by atoms with Gasteiger partial charge in [-0.25, -0.2) is 14.6 Å². The number of thiazole rings is 1. The summed E-state index contributed by atoms with van der Waals surface area (Å²) in [4.78, 5) is 9.16. The average molecular weight is 331 g/mol. The molecular weight excluding hydrogens is 314 g/mol. The van der Waals surface area contributed by atoms with Crippen molar-refractivity contribution in [1.29, 1.82) is 0 Å². The first-order valence-corrected chi connectivity index (χ1v) is 9.21. The van der Waals surface area contributed by atoms with Gasteiger partial charge in [0.2, 0.25) is 0 Å². The van der Waals surface area contributed by atoms with Crippen molar-refractivity contribution in [3.63, 3.8) is 0 Å². The van der Waals surface area contributed by atoms with Gasteiger partial charge < -0.3 is 5.32 Å². The predicted octanol–water partition coefficient (Wildman–Crippen LogP) is 2.88. The molecule has 1 aliphatic rings.